The van der Waals surface area contributed by atoms with Crippen LogP contribution in [0.15, 0.2) is 48.0 Å². The molecular formula is C21H24O2. The zero-order chi connectivity index (χ0) is 16.8. The lowest BCUT2D eigenvalue weighted by Gasteiger charge is -2.11. The predicted molar refractivity (Wildman–Crippen MR) is 97.9 cm³/mol. The summed E-state index contributed by atoms with van der Waals surface area (Å²) in [7, 11) is 1.63. The highest BCUT2D eigenvalue weighted by Crippen LogP contribution is 2.31. The van der Waals surface area contributed by atoms with Crippen LogP contribution in [0.25, 0.3) is 12.2 Å². The van der Waals surface area contributed by atoms with E-state index in [-0.39, 0.29) is 5.75 Å². The molecule has 0 amide bonds. The first-order valence-electron chi connectivity index (χ1n) is 7.78. The van der Waals surface area contributed by atoms with Crippen molar-refractivity contribution in [3.8, 4) is 11.5 Å². The van der Waals surface area contributed by atoms with Crippen molar-refractivity contribution in [3.05, 3.63) is 70.3 Å². The molecule has 2 aromatic carbocycles. The Morgan fingerprint density at radius 1 is 1.13 bits per heavy atom. The van der Waals surface area contributed by atoms with Gasteiger partial charge in [0.15, 0.2) is 0 Å². The number of ether oxygens (including phenoxy) is 1. The van der Waals surface area contributed by atoms with Gasteiger partial charge in [-0.05, 0) is 56.0 Å². The first kappa shape index (κ1) is 16.9. The minimum absolute atomic E-state index is 0.270. The van der Waals surface area contributed by atoms with Crippen molar-refractivity contribution in [2.24, 2.45) is 0 Å². The lowest BCUT2D eigenvalue weighted by molar-refractivity contribution is 0.401. The third-order valence-corrected chi connectivity index (χ3v) is 3.79. The van der Waals surface area contributed by atoms with Gasteiger partial charge in [0.25, 0.3) is 0 Å². The molecule has 0 bridgehead atoms. The molecule has 120 valence electrons. The smallest absolute Gasteiger partial charge is 0.126 e. The molecule has 2 rings (SSSR count). The molecule has 0 aliphatic carbocycles. The van der Waals surface area contributed by atoms with Gasteiger partial charge in [-0.3, -0.25) is 0 Å². The van der Waals surface area contributed by atoms with Crippen LogP contribution in [-0.4, -0.2) is 12.2 Å². The van der Waals surface area contributed by atoms with Gasteiger partial charge < -0.3 is 9.84 Å². The number of phenols is 1. The van der Waals surface area contributed by atoms with Gasteiger partial charge in [0.05, 0.1) is 7.11 Å². The molecule has 1 N–H and O–H groups in total. The number of benzene rings is 2. The maximum atomic E-state index is 10.3. The average molecular weight is 308 g/mol. The van der Waals surface area contributed by atoms with Crippen LogP contribution < -0.4 is 4.74 Å². The highest BCUT2D eigenvalue weighted by atomic mass is 16.5. The first-order valence-corrected chi connectivity index (χ1v) is 7.78. The number of phenolic OH excluding ortho intramolecular Hbond substituents is 1. The van der Waals surface area contributed by atoms with E-state index in [1.165, 1.54) is 16.7 Å². The second-order valence-corrected chi connectivity index (χ2v) is 5.90. The Bertz CT molecular complexity index is 736. The average Bonchev–Trinajstić information content (AvgIpc) is 2.52. The van der Waals surface area contributed by atoms with Gasteiger partial charge >= 0.3 is 0 Å². The van der Waals surface area contributed by atoms with Crippen molar-refractivity contribution in [2.75, 3.05) is 7.11 Å². The molecule has 0 unspecified atom stereocenters. The van der Waals surface area contributed by atoms with Crippen molar-refractivity contribution in [2.45, 2.75) is 27.2 Å². The minimum Gasteiger partial charge on any atom is -0.507 e. The van der Waals surface area contributed by atoms with Crippen molar-refractivity contribution in [1.29, 1.82) is 0 Å². The van der Waals surface area contributed by atoms with Crippen LogP contribution in [0.5, 0.6) is 11.5 Å². The van der Waals surface area contributed by atoms with E-state index in [0.29, 0.717) is 12.2 Å². The SMILES string of the molecule is COc1cc(/C=C/c2ccccc2C)cc(O)c1CC=C(C)C. The van der Waals surface area contributed by atoms with Crippen LogP contribution in [-0.2, 0) is 6.42 Å². The quantitative estimate of drug-likeness (QED) is 0.593. The summed E-state index contributed by atoms with van der Waals surface area (Å²) in [6.45, 7) is 6.17. The number of rotatable bonds is 5. The van der Waals surface area contributed by atoms with Crippen molar-refractivity contribution in [3.63, 3.8) is 0 Å². The summed E-state index contributed by atoms with van der Waals surface area (Å²) < 4.78 is 5.45. The van der Waals surface area contributed by atoms with Crippen molar-refractivity contribution < 1.29 is 9.84 Å². The molecule has 0 aromatic heterocycles. The monoisotopic (exact) mass is 308 g/mol. The lowest BCUT2D eigenvalue weighted by atomic mass is 10.0. The van der Waals surface area contributed by atoms with Gasteiger partial charge in [0.1, 0.15) is 11.5 Å². The van der Waals surface area contributed by atoms with E-state index in [9.17, 15) is 5.11 Å². The fraction of sp³-hybridized carbons (Fsp3) is 0.238. The Morgan fingerprint density at radius 3 is 2.52 bits per heavy atom. The van der Waals surface area contributed by atoms with E-state index >= 15 is 0 Å². The van der Waals surface area contributed by atoms with Gasteiger partial charge in [0, 0.05) is 5.56 Å². The maximum Gasteiger partial charge on any atom is 0.126 e. The summed E-state index contributed by atoms with van der Waals surface area (Å²) in [6.07, 6.45) is 6.80. The van der Waals surface area contributed by atoms with Gasteiger partial charge in [-0.1, -0.05) is 48.1 Å². The fourth-order valence-electron chi connectivity index (χ4n) is 2.40. The Labute approximate surface area is 138 Å². The van der Waals surface area contributed by atoms with E-state index in [0.717, 1.165) is 11.1 Å². The Morgan fingerprint density at radius 2 is 1.87 bits per heavy atom. The maximum absolute atomic E-state index is 10.3. The van der Waals surface area contributed by atoms with Gasteiger partial charge in [-0.25, -0.2) is 0 Å². The largest absolute Gasteiger partial charge is 0.507 e. The minimum atomic E-state index is 0.270. The van der Waals surface area contributed by atoms with Crippen LogP contribution in [0.2, 0.25) is 0 Å². The molecule has 0 saturated heterocycles. The standard InChI is InChI=1S/C21H24O2/c1-15(2)9-12-19-20(22)13-17(14-21(19)23-4)10-11-18-8-6-5-7-16(18)3/h5-11,13-14,22H,12H2,1-4H3/b11-10+. The Balaban J connectivity index is 2.33. The number of hydrogen-bond donors (Lipinski definition) is 1. The molecule has 0 aliphatic rings. The molecule has 0 atom stereocenters. The normalized spacial score (nSPS) is 10.8. The van der Waals surface area contributed by atoms with E-state index in [1.54, 1.807) is 13.2 Å². The molecular weight excluding hydrogens is 284 g/mol. The van der Waals surface area contributed by atoms with Crippen LogP contribution in [0, 0.1) is 6.92 Å². The highest BCUT2D eigenvalue weighted by Gasteiger charge is 2.09. The molecule has 0 heterocycles. The van der Waals surface area contributed by atoms with Crippen molar-refractivity contribution in [1.82, 2.24) is 0 Å². The van der Waals surface area contributed by atoms with Gasteiger partial charge in [-0.2, -0.15) is 0 Å². The highest BCUT2D eigenvalue weighted by molar-refractivity contribution is 5.73. The molecule has 0 spiro atoms. The Hall–Kier alpha value is -2.48. The van der Waals surface area contributed by atoms with Crippen LogP contribution >= 0.6 is 0 Å². The van der Waals surface area contributed by atoms with E-state index < -0.39 is 0 Å². The topological polar surface area (TPSA) is 29.5 Å². The summed E-state index contributed by atoms with van der Waals surface area (Å²) in [5.41, 5.74) is 5.35. The molecule has 0 radical (unpaired) electrons. The number of allylic oxidation sites excluding steroid dienone is 2. The predicted octanol–water partition coefficient (Wildman–Crippen LogP) is 5.39. The zero-order valence-corrected chi connectivity index (χ0v) is 14.3. The number of aryl methyl sites for hydroxylation is 1. The number of aromatic hydroxyl groups is 1. The second kappa shape index (κ2) is 7.68. The summed E-state index contributed by atoms with van der Waals surface area (Å²) >= 11 is 0. The number of methoxy groups -OCH3 is 1. The van der Waals surface area contributed by atoms with Gasteiger partial charge in [-0.15, -0.1) is 0 Å². The molecule has 2 aromatic rings. The van der Waals surface area contributed by atoms with Crippen LogP contribution in [0.1, 0.15) is 36.1 Å². The zero-order valence-electron chi connectivity index (χ0n) is 14.3. The molecule has 0 saturated carbocycles. The van der Waals surface area contributed by atoms with Crippen LogP contribution in [0.3, 0.4) is 0 Å². The molecule has 23 heavy (non-hydrogen) atoms. The van der Waals surface area contributed by atoms with E-state index in [1.807, 2.05) is 38.1 Å². The Kier molecular flexibility index (Phi) is 5.64. The fourth-order valence-corrected chi connectivity index (χ4v) is 2.40. The van der Waals surface area contributed by atoms with Gasteiger partial charge in [0.2, 0.25) is 0 Å². The third-order valence-electron chi connectivity index (χ3n) is 3.79. The summed E-state index contributed by atoms with van der Waals surface area (Å²) in [4.78, 5) is 0. The van der Waals surface area contributed by atoms with Crippen LogP contribution in [0.4, 0.5) is 0 Å². The number of hydrogen-bond acceptors (Lipinski definition) is 2. The van der Waals surface area contributed by atoms with Crippen molar-refractivity contribution >= 4 is 12.2 Å². The first-order chi connectivity index (χ1) is 11.0. The van der Waals surface area contributed by atoms with E-state index in [2.05, 4.69) is 31.2 Å². The summed E-state index contributed by atoms with van der Waals surface area (Å²) in [5.74, 6) is 0.984. The summed E-state index contributed by atoms with van der Waals surface area (Å²) in [6, 6.07) is 12.0. The molecule has 0 fully saturated rings. The molecule has 2 nitrogen and oxygen atoms in total. The lowest BCUT2D eigenvalue weighted by Crippen LogP contribution is -1.93. The second-order valence-electron chi connectivity index (χ2n) is 5.90. The molecule has 0 aliphatic heterocycles. The third kappa shape index (κ3) is 4.49. The summed E-state index contributed by atoms with van der Waals surface area (Å²) in [5, 5.41) is 10.3. The molecule has 2 heteroatoms. The van der Waals surface area contributed by atoms with E-state index in [4.69, 9.17) is 4.74 Å².